The van der Waals surface area contributed by atoms with Crippen molar-refractivity contribution in [2.45, 2.75) is 6.42 Å². The molecule has 0 atom stereocenters. The van der Waals surface area contributed by atoms with Gasteiger partial charge in [0.15, 0.2) is 11.5 Å². The number of rotatable bonds is 4. The maximum Gasteiger partial charge on any atom is 0.254 e. The lowest BCUT2D eigenvalue weighted by Crippen LogP contribution is -2.37. The molecule has 3 rings (SSSR count). The van der Waals surface area contributed by atoms with E-state index in [-0.39, 0.29) is 17.6 Å². The van der Waals surface area contributed by atoms with E-state index >= 15 is 0 Å². The van der Waals surface area contributed by atoms with E-state index in [1.165, 1.54) is 19.2 Å². The zero-order valence-corrected chi connectivity index (χ0v) is 16.1. The lowest BCUT2D eigenvalue weighted by molar-refractivity contribution is 0.0718. The topological polar surface area (TPSA) is 79.3 Å². The summed E-state index contributed by atoms with van der Waals surface area (Å²) in [4.78, 5) is 29.1. The van der Waals surface area contributed by atoms with Crippen LogP contribution in [-0.2, 0) is 0 Å². The number of carbonyl (C=O) groups is 2. The van der Waals surface area contributed by atoms with Gasteiger partial charge in [0, 0.05) is 37.3 Å². The third kappa shape index (κ3) is 4.19. The van der Waals surface area contributed by atoms with E-state index < -0.39 is 0 Å². The molecule has 2 aromatic carbocycles. The summed E-state index contributed by atoms with van der Waals surface area (Å²) in [6.45, 7) is 2.01. The number of amides is 2. The third-order valence-electron chi connectivity index (χ3n) is 4.79. The molecule has 0 aliphatic carbocycles. The summed E-state index contributed by atoms with van der Waals surface area (Å²) < 4.78 is 10.5. The van der Waals surface area contributed by atoms with Gasteiger partial charge in [-0.05, 0) is 42.8 Å². The van der Waals surface area contributed by atoms with Crippen LogP contribution in [0.15, 0.2) is 42.5 Å². The van der Waals surface area contributed by atoms with E-state index in [4.69, 9.17) is 9.47 Å². The number of aromatic hydroxyl groups is 1. The van der Waals surface area contributed by atoms with Crippen molar-refractivity contribution in [1.29, 1.82) is 0 Å². The normalized spacial score (nSPS) is 14.4. The van der Waals surface area contributed by atoms with E-state index in [1.807, 2.05) is 0 Å². The summed E-state index contributed by atoms with van der Waals surface area (Å²) in [5, 5.41) is 9.59. The highest BCUT2D eigenvalue weighted by molar-refractivity contribution is 5.96. The largest absolute Gasteiger partial charge is 0.508 e. The molecule has 0 radical (unpaired) electrons. The molecule has 0 unspecified atom stereocenters. The average molecular weight is 384 g/mol. The van der Waals surface area contributed by atoms with Gasteiger partial charge in [-0.15, -0.1) is 0 Å². The van der Waals surface area contributed by atoms with E-state index in [1.54, 1.807) is 47.2 Å². The van der Waals surface area contributed by atoms with Crippen LogP contribution >= 0.6 is 0 Å². The number of phenolic OH excluding ortho intramolecular Hbond substituents is 1. The van der Waals surface area contributed by atoms with Crippen molar-refractivity contribution in [3.63, 3.8) is 0 Å². The van der Waals surface area contributed by atoms with Gasteiger partial charge in [-0.2, -0.15) is 0 Å². The smallest absolute Gasteiger partial charge is 0.254 e. The molecule has 7 nitrogen and oxygen atoms in total. The molecule has 1 heterocycles. The predicted molar refractivity (Wildman–Crippen MR) is 104 cm³/mol. The fraction of sp³-hybridized carbons (Fsp3) is 0.333. The maximum atomic E-state index is 12.9. The van der Waals surface area contributed by atoms with Crippen molar-refractivity contribution in [3.05, 3.63) is 53.6 Å². The van der Waals surface area contributed by atoms with E-state index in [0.29, 0.717) is 55.2 Å². The Hall–Kier alpha value is -3.22. The highest BCUT2D eigenvalue weighted by Gasteiger charge is 2.24. The minimum atomic E-state index is -0.142. The number of hydrogen-bond acceptors (Lipinski definition) is 5. The Bertz CT molecular complexity index is 868. The summed E-state index contributed by atoms with van der Waals surface area (Å²) >= 11 is 0. The highest BCUT2D eigenvalue weighted by atomic mass is 16.5. The molecule has 1 aliphatic rings. The Morgan fingerprint density at radius 2 is 1.43 bits per heavy atom. The Morgan fingerprint density at radius 1 is 0.821 bits per heavy atom. The molecule has 1 fully saturated rings. The minimum Gasteiger partial charge on any atom is -0.508 e. The molecule has 2 aromatic rings. The van der Waals surface area contributed by atoms with Gasteiger partial charge in [0.05, 0.1) is 14.2 Å². The van der Waals surface area contributed by atoms with Crippen LogP contribution in [-0.4, -0.2) is 67.1 Å². The first kappa shape index (κ1) is 19.5. The number of ether oxygens (including phenoxy) is 2. The van der Waals surface area contributed by atoms with Crippen LogP contribution in [0, 0.1) is 0 Å². The second-order valence-electron chi connectivity index (χ2n) is 6.56. The molecule has 7 heteroatoms. The van der Waals surface area contributed by atoms with Crippen molar-refractivity contribution in [2.75, 3.05) is 40.4 Å². The number of nitrogens with zero attached hydrogens (tertiary/aromatic N) is 2. The Kier molecular flexibility index (Phi) is 6.03. The van der Waals surface area contributed by atoms with E-state index in [2.05, 4.69) is 0 Å². The van der Waals surface area contributed by atoms with Crippen LogP contribution in [0.3, 0.4) is 0 Å². The second-order valence-corrected chi connectivity index (χ2v) is 6.56. The van der Waals surface area contributed by atoms with Crippen LogP contribution in [0.5, 0.6) is 17.2 Å². The average Bonchev–Trinajstić information content (AvgIpc) is 2.98. The number of hydrogen-bond donors (Lipinski definition) is 1. The van der Waals surface area contributed by atoms with Crippen molar-refractivity contribution in [2.24, 2.45) is 0 Å². The quantitative estimate of drug-likeness (QED) is 0.876. The molecule has 0 saturated carbocycles. The van der Waals surface area contributed by atoms with Crippen LogP contribution < -0.4 is 9.47 Å². The highest BCUT2D eigenvalue weighted by Crippen LogP contribution is 2.28. The zero-order valence-electron chi connectivity index (χ0n) is 16.1. The molecule has 0 spiro atoms. The molecule has 0 aromatic heterocycles. The van der Waals surface area contributed by atoms with Gasteiger partial charge in [0.2, 0.25) is 0 Å². The van der Waals surface area contributed by atoms with Crippen molar-refractivity contribution in [3.8, 4) is 17.2 Å². The standard InChI is InChI=1S/C21H24N2O5/c1-27-18-8-7-16(14-19(18)28-2)21(26)23-10-4-9-22(11-12-23)20(25)15-5-3-6-17(24)13-15/h3,5-8,13-14,24H,4,9-12H2,1-2H3. The predicted octanol–water partition coefficient (Wildman–Crippen LogP) is 2.40. The molecule has 1 N–H and O–H groups in total. The minimum absolute atomic E-state index is 0.0610. The van der Waals surface area contributed by atoms with Gasteiger partial charge in [-0.1, -0.05) is 6.07 Å². The maximum absolute atomic E-state index is 12.9. The summed E-state index contributed by atoms with van der Waals surface area (Å²) in [5.41, 5.74) is 0.963. The number of carbonyl (C=O) groups excluding carboxylic acids is 2. The third-order valence-corrected chi connectivity index (χ3v) is 4.79. The fourth-order valence-electron chi connectivity index (χ4n) is 3.30. The number of benzene rings is 2. The molecular formula is C21H24N2O5. The molecule has 148 valence electrons. The van der Waals surface area contributed by atoms with Gasteiger partial charge in [-0.3, -0.25) is 9.59 Å². The van der Waals surface area contributed by atoms with Gasteiger partial charge in [0.1, 0.15) is 5.75 Å². The zero-order chi connectivity index (χ0) is 20.1. The van der Waals surface area contributed by atoms with Crippen LogP contribution in [0.25, 0.3) is 0 Å². The summed E-state index contributed by atoms with van der Waals surface area (Å²) in [6.07, 6.45) is 0.684. The Morgan fingerprint density at radius 3 is 2.00 bits per heavy atom. The first-order valence-electron chi connectivity index (χ1n) is 9.13. The number of methoxy groups -OCH3 is 2. The van der Waals surface area contributed by atoms with Crippen LogP contribution in [0.2, 0.25) is 0 Å². The summed E-state index contributed by atoms with van der Waals surface area (Å²) in [7, 11) is 3.08. The fourth-order valence-corrected chi connectivity index (χ4v) is 3.30. The van der Waals surface area contributed by atoms with Crippen LogP contribution in [0.1, 0.15) is 27.1 Å². The lowest BCUT2D eigenvalue weighted by Gasteiger charge is -2.22. The SMILES string of the molecule is COc1ccc(C(=O)N2CCCN(C(=O)c3cccc(O)c3)CC2)cc1OC. The molecule has 2 amide bonds. The Labute approximate surface area is 164 Å². The summed E-state index contributed by atoms with van der Waals surface area (Å²) in [5.74, 6) is 0.886. The van der Waals surface area contributed by atoms with Crippen molar-refractivity contribution < 1.29 is 24.2 Å². The molecule has 28 heavy (non-hydrogen) atoms. The Balaban J connectivity index is 1.69. The first-order chi connectivity index (χ1) is 13.5. The second kappa shape index (κ2) is 8.65. The monoisotopic (exact) mass is 384 g/mol. The lowest BCUT2D eigenvalue weighted by atomic mass is 10.1. The first-order valence-corrected chi connectivity index (χ1v) is 9.13. The van der Waals surface area contributed by atoms with Gasteiger partial charge in [-0.25, -0.2) is 0 Å². The number of phenols is 1. The van der Waals surface area contributed by atoms with Gasteiger partial charge >= 0.3 is 0 Å². The molecule has 1 aliphatic heterocycles. The summed E-state index contributed by atoms with van der Waals surface area (Å²) in [6, 6.07) is 11.4. The van der Waals surface area contributed by atoms with Gasteiger partial charge < -0.3 is 24.4 Å². The van der Waals surface area contributed by atoms with Crippen molar-refractivity contribution >= 4 is 11.8 Å². The van der Waals surface area contributed by atoms with Gasteiger partial charge in [0.25, 0.3) is 11.8 Å². The van der Waals surface area contributed by atoms with Crippen molar-refractivity contribution in [1.82, 2.24) is 9.80 Å². The molecule has 0 bridgehead atoms. The van der Waals surface area contributed by atoms with E-state index in [9.17, 15) is 14.7 Å². The van der Waals surface area contributed by atoms with Crippen LogP contribution in [0.4, 0.5) is 0 Å². The van der Waals surface area contributed by atoms with E-state index in [0.717, 1.165) is 0 Å². The molecular weight excluding hydrogens is 360 g/mol. The molecule has 1 saturated heterocycles.